The summed E-state index contributed by atoms with van der Waals surface area (Å²) in [6.07, 6.45) is 7.03. The fourth-order valence-electron chi connectivity index (χ4n) is 1.22. The van der Waals surface area contributed by atoms with E-state index in [0.717, 1.165) is 37.0 Å². The summed E-state index contributed by atoms with van der Waals surface area (Å²) in [5, 5.41) is 0. The van der Waals surface area contributed by atoms with Crippen LogP contribution in [0, 0.1) is 38.5 Å². The SMILES string of the molecule is [Al+3].[CH2-]CCC(C)C.[CH2-]CCC(C)C.[CH2-]CCC(C)C. The first-order valence-corrected chi connectivity index (χ1v) is 7.69. The quantitative estimate of drug-likeness (QED) is 0.391. The van der Waals surface area contributed by atoms with Crippen LogP contribution >= 0.6 is 0 Å². The second-order valence-electron chi connectivity index (χ2n) is 6.11. The van der Waals surface area contributed by atoms with Gasteiger partial charge >= 0.3 is 17.4 Å². The van der Waals surface area contributed by atoms with Crippen molar-refractivity contribution in [1.82, 2.24) is 0 Å². The summed E-state index contributed by atoms with van der Waals surface area (Å²) < 4.78 is 0. The first kappa shape index (κ1) is 27.8. The van der Waals surface area contributed by atoms with Gasteiger partial charge in [0.1, 0.15) is 0 Å². The summed E-state index contributed by atoms with van der Waals surface area (Å²) >= 11 is 0. The van der Waals surface area contributed by atoms with Crippen LogP contribution in [0.5, 0.6) is 0 Å². The van der Waals surface area contributed by atoms with Crippen molar-refractivity contribution in [2.24, 2.45) is 17.8 Å². The first-order valence-electron chi connectivity index (χ1n) is 7.69. The number of rotatable bonds is 6. The van der Waals surface area contributed by atoms with Gasteiger partial charge in [-0.15, -0.1) is 0 Å². The van der Waals surface area contributed by atoms with Crippen LogP contribution in [0.25, 0.3) is 0 Å². The van der Waals surface area contributed by atoms with Crippen LogP contribution in [0.3, 0.4) is 0 Å². The summed E-state index contributed by atoms with van der Waals surface area (Å²) in [5.41, 5.74) is 0. The Morgan fingerprint density at radius 2 is 0.684 bits per heavy atom. The molecule has 0 aliphatic heterocycles. The Morgan fingerprint density at radius 1 is 0.526 bits per heavy atom. The predicted octanol–water partition coefficient (Wildman–Crippen LogP) is 6.39. The van der Waals surface area contributed by atoms with Crippen LogP contribution in [0.15, 0.2) is 0 Å². The van der Waals surface area contributed by atoms with Crippen LogP contribution < -0.4 is 0 Å². The molecule has 0 bridgehead atoms. The zero-order valence-electron chi connectivity index (χ0n) is 14.7. The molecule has 0 aromatic carbocycles. The molecule has 0 N–H and O–H groups in total. The van der Waals surface area contributed by atoms with Crippen molar-refractivity contribution in [3.05, 3.63) is 20.8 Å². The second kappa shape index (κ2) is 23.6. The molecule has 0 saturated carbocycles. The Bertz CT molecular complexity index is 93.1. The van der Waals surface area contributed by atoms with Crippen LogP contribution in [-0.2, 0) is 0 Å². The smallest absolute Gasteiger partial charge is 0.343 e. The zero-order chi connectivity index (χ0) is 15.0. The van der Waals surface area contributed by atoms with E-state index >= 15 is 0 Å². The molecule has 0 aliphatic rings. The molecule has 0 aromatic heterocycles. The van der Waals surface area contributed by atoms with E-state index in [1.54, 1.807) is 0 Å². The van der Waals surface area contributed by atoms with E-state index in [9.17, 15) is 0 Å². The third kappa shape index (κ3) is 55.7. The van der Waals surface area contributed by atoms with Crippen molar-refractivity contribution in [3.8, 4) is 0 Å². The van der Waals surface area contributed by atoms with Gasteiger partial charge in [0.15, 0.2) is 0 Å². The average molecular weight is 282 g/mol. The van der Waals surface area contributed by atoms with Gasteiger partial charge in [-0.2, -0.15) is 19.3 Å². The molecule has 0 spiro atoms. The van der Waals surface area contributed by atoms with Crippen molar-refractivity contribution >= 4 is 17.4 Å². The summed E-state index contributed by atoms with van der Waals surface area (Å²) in [6.45, 7) is 24.5. The largest absolute Gasteiger partial charge is 3.00 e. The Morgan fingerprint density at radius 3 is 0.684 bits per heavy atom. The molecule has 0 aromatic rings. The summed E-state index contributed by atoms with van der Waals surface area (Å²) in [4.78, 5) is 0. The monoisotopic (exact) mass is 282 g/mol. The van der Waals surface area contributed by atoms with Crippen LogP contribution in [0.4, 0.5) is 0 Å². The van der Waals surface area contributed by atoms with Gasteiger partial charge in [0.05, 0.1) is 0 Å². The van der Waals surface area contributed by atoms with Gasteiger partial charge < -0.3 is 20.8 Å². The van der Waals surface area contributed by atoms with E-state index in [1.807, 2.05) is 0 Å². The minimum atomic E-state index is 0. The third-order valence-electron chi connectivity index (χ3n) is 2.34. The minimum absolute atomic E-state index is 0. The maximum atomic E-state index is 3.73. The molecule has 0 aliphatic carbocycles. The fourth-order valence-corrected chi connectivity index (χ4v) is 1.22. The van der Waals surface area contributed by atoms with E-state index in [-0.39, 0.29) is 17.4 Å². The van der Waals surface area contributed by atoms with E-state index in [2.05, 4.69) is 62.3 Å². The molecular formula is C18H39Al. The Labute approximate surface area is 136 Å². The van der Waals surface area contributed by atoms with Gasteiger partial charge in [-0.25, -0.2) is 0 Å². The van der Waals surface area contributed by atoms with Gasteiger partial charge in [-0.3, -0.25) is 0 Å². The van der Waals surface area contributed by atoms with Crippen molar-refractivity contribution in [2.75, 3.05) is 0 Å². The summed E-state index contributed by atoms with van der Waals surface area (Å²) in [5.74, 6) is 2.51. The first-order chi connectivity index (χ1) is 8.31. The molecule has 0 radical (unpaired) electrons. The second-order valence-corrected chi connectivity index (χ2v) is 6.11. The maximum absolute atomic E-state index is 3.73. The molecule has 0 rings (SSSR count). The molecule has 19 heavy (non-hydrogen) atoms. The third-order valence-corrected chi connectivity index (χ3v) is 2.34. The van der Waals surface area contributed by atoms with Gasteiger partial charge in [0, 0.05) is 0 Å². The molecule has 114 valence electrons. The molecule has 0 saturated heterocycles. The topological polar surface area (TPSA) is 0 Å². The van der Waals surface area contributed by atoms with Crippen molar-refractivity contribution in [2.45, 2.75) is 80.1 Å². The van der Waals surface area contributed by atoms with Crippen molar-refractivity contribution in [3.63, 3.8) is 0 Å². The molecule has 0 nitrogen and oxygen atoms in total. The van der Waals surface area contributed by atoms with Crippen LogP contribution in [-0.4, -0.2) is 17.4 Å². The number of hydrogen-bond acceptors (Lipinski definition) is 0. The Hall–Kier alpha value is 0.532. The molecule has 0 unspecified atom stereocenters. The molecule has 0 fully saturated rings. The van der Waals surface area contributed by atoms with E-state index in [1.165, 1.54) is 19.3 Å². The fraction of sp³-hybridized carbons (Fsp3) is 0.833. The van der Waals surface area contributed by atoms with E-state index in [0.29, 0.717) is 0 Å². The Balaban J connectivity index is -0.0000000865. The van der Waals surface area contributed by atoms with E-state index in [4.69, 9.17) is 0 Å². The normalized spacial score (nSPS) is 9.47. The maximum Gasteiger partial charge on any atom is 3.00 e. The van der Waals surface area contributed by atoms with Gasteiger partial charge in [0.25, 0.3) is 0 Å². The summed E-state index contributed by atoms with van der Waals surface area (Å²) in [7, 11) is 0. The number of hydrogen-bond donors (Lipinski definition) is 0. The van der Waals surface area contributed by atoms with Crippen LogP contribution in [0.1, 0.15) is 80.1 Å². The molecule has 1 heteroatoms. The minimum Gasteiger partial charge on any atom is -0.343 e. The van der Waals surface area contributed by atoms with Crippen molar-refractivity contribution in [1.29, 1.82) is 0 Å². The summed E-state index contributed by atoms with van der Waals surface area (Å²) in [6, 6.07) is 0. The average Bonchev–Trinajstić information content (AvgIpc) is 2.18. The standard InChI is InChI=1S/3C6H13.Al/c3*1-4-5-6(2)3;/h3*6H,1,4-5H2,2-3H3;/q3*-1;+3. The molecular weight excluding hydrogens is 243 g/mol. The molecule has 0 heterocycles. The van der Waals surface area contributed by atoms with Gasteiger partial charge in [-0.1, -0.05) is 60.8 Å². The predicted molar refractivity (Wildman–Crippen MR) is 94.0 cm³/mol. The molecule has 0 amide bonds. The van der Waals surface area contributed by atoms with E-state index < -0.39 is 0 Å². The zero-order valence-corrected chi connectivity index (χ0v) is 15.8. The van der Waals surface area contributed by atoms with Crippen LogP contribution in [0.2, 0.25) is 0 Å². The Kier molecular flexibility index (Phi) is 34.6. The van der Waals surface area contributed by atoms with Gasteiger partial charge in [-0.05, 0) is 17.8 Å². The molecule has 0 atom stereocenters. The van der Waals surface area contributed by atoms with Crippen molar-refractivity contribution < 1.29 is 0 Å². The van der Waals surface area contributed by atoms with Gasteiger partial charge in [0.2, 0.25) is 0 Å².